The molecule has 4 heteroatoms. The van der Waals surface area contributed by atoms with Crippen molar-refractivity contribution >= 4 is 27.5 Å². The minimum atomic E-state index is -0.0618. The summed E-state index contributed by atoms with van der Waals surface area (Å²) in [5, 5.41) is 2.01. The summed E-state index contributed by atoms with van der Waals surface area (Å²) in [6, 6.07) is 18.9. The van der Waals surface area contributed by atoms with Gasteiger partial charge in [0.2, 0.25) is 0 Å². The maximum atomic E-state index is 12.3. The Labute approximate surface area is 120 Å². The molecule has 102 valence electrons. The molecule has 0 saturated heterocycles. The third kappa shape index (κ3) is 1.80. The molecule has 21 heavy (non-hydrogen) atoms. The van der Waals surface area contributed by atoms with Gasteiger partial charge in [-0.2, -0.15) is 0 Å². The molecule has 0 fully saturated rings. The van der Waals surface area contributed by atoms with Gasteiger partial charge in [0.15, 0.2) is 0 Å². The lowest BCUT2D eigenvalue weighted by Crippen LogP contribution is -2.17. The fourth-order valence-corrected chi connectivity index (χ4v) is 2.69. The van der Waals surface area contributed by atoms with Crippen molar-refractivity contribution in [2.45, 2.75) is 0 Å². The number of pyridine rings is 1. The van der Waals surface area contributed by atoms with Crippen molar-refractivity contribution in [2.75, 3.05) is 5.73 Å². The highest BCUT2D eigenvalue weighted by Gasteiger charge is 2.08. The standard InChI is InChI=1S/C17H13N3O/c18-13-6-7-14-12(9-13)10-16(19-14)20-15-4-2-1-3-11(15)5-8-17(20)21/h1-10,19H,18H2. The topological polar surface area (TPSA) is 63.8 Å². The molecule has 0 saturated carbocycles. The van der Waals surface area contributed by atoms with Gasteiger partial charge in [-0.3, -0.25) is 9.36 Å². The molecule has 4 nitrogen and oxygen atoms in total. The third-order valence-electron chi connectivity index (χ3n) is 3.67. The molecule has 0 aliphatic rings. The van der Waals surface area contributed by atoms with E-state index in [0.29, 0.717) is 5.69 Å². The number of benzene rings is 2. The average molecular weight is 275 g/mol. The largest absolute Gasteiger partial charge is 0.399 e. The zero-order valence-electron chi connectivity index (χ0n) is 11.2. The van der Waals surface area contributed by atoms with Gasteiger partial charge in [0.25, 0.3) is 5.56 Å². The number of nitrogens with one attached hydrogen (secondary N) is 1. The molecular weight excluding hydrogens is 262 g/mol. The molecule has 0 amide bonds. The van der Waals surface area contributed by atoms with Crippen molar-refractivity contribution in [3.8, 4) is 5.82 Å². The van der Waals surface area contributed by atoms with Gasteiger partial charge in [-0.05, 0) is 41.8 Å². The van der Waals surface area contributed by atoms with E-state index in [1.807, 2.05) is 54.6 Å². The minimum absolute atomic E-state index is 0.0618. The maximum absolute atomic E-state index is 12.3. The molecule has 4 rings (SSSR count). The molecular formula is C17H13N3O. The fourth-order valence-electron chi connectivity index (χ4n) is 2.69. The average Bonchev–Trinajstić information content (AvgIpc) is 2.89. The number of nitrogen functional groups attached to an aromatic ring is 1. The van der Waals surface area contributed by atoms with Crippen molar-refractivity contribution in [3.05, 3.63) is 71.0 Å². The molecule has 2 aromatic carbocycles. The first-order valence-electron chi connectivity index (χ1n) is 6.72. The van der Waals surface area contributed by atoms with Crippen LogP contribution in [0.25, 0.3) is 27.6 Å². The SMILES string of the molecule is Nc1ccc2[nH]c(-n3c(=O)ccc4ccccc43)cc2c1. The van der Waals surface area contributed by atoms with Gasteiger partial charge in [-0.1, -0.05) is 18.2 Å². The third-order valence-corrected chi connectivity index (χ3v) is 3.67. The van der Waals surface area contributed by atoms with Crippen LogP contribution >= 0.6 is 0 Å². The summed E-state index contributed by atoms with van der Waals surface area (Å²) in [6.07, 6.45) is 0. The first-order chi connectivity index (χ1) is 10.2. The van der Waals surface area contributed by atoms with E-state index in [-0.39, 0.29) is 5.56 Å². The van der Waals surface area contributed by atoms with Crippen LogP contribution in [0.1, 0.15) is 0 Å². The first kappa shape index (κ1) is 11.8. The van der Waals surface area contributed by atoms with Gasteiger partial charge in [0.1, 0.15) is 5.82 Å². The predicted octanol–water partition coefficient (Wildman–Crippen LogP) is 3.05. The molecule has 0 radical (unpaired) electrons. The fraction of sp³-hybridized carbons (Fsp3) is 0. The van der Waals surface area contributed by atoms with E-state index in [1.54, 1.807) is 10.6 Å². The number of aromatic amines is 1. The zero-order chi connectivity index (χ0) is 14.4. The number of hydrogen-bond acceptors (Lipinski definition) is 2. The summed E-state index contributed by atoms with van der Waals surface area (Å²) in [6.45, 7) is 0. The normalized spacial score (nSPS) is 11.2. The Kier molecular flexibility index (Phi) is 2.38. The number of fused-ring (bicyclic) bond motifs is 2. The van der Waals surface area contributed by atoms with Crippen molar-refractivity contribution in [1.29, 1.82) is 0 Å². The highest BCUT2D eigenvalue weighted by molar-refractivity contribution is 5.87. The van der Waals surface area contributed by atoms with Crippen LogP contribution in [-0.2, 0) is 0 Å². The molecule has 0 atom stereocenters. The molecule has 2 aromatic heterocycles. The second-order valence-electron chi connectivity index (χ2n) is 5.07. The van der Waals surface area contributed by atoms with E-state index in [4.69, 9.17) is 5.73 Å². The zero-order valence-corrected chi connectivity index (χ0v) is 11.2. The summed E-state index contributed by atoms with van der Waals surface area (Å²) in [5.74, 6) is 0.748. The molecule has 0 aliphatic heterocycles. The predicted molar refractivity (Wildman–Crippen MR) is 85.8 cm³/mol. The van der Waals surface area contributed by atoms with Crippen LogP contribution in [0.3, 0.4) is 0 Å². The number of hydrogen-bond donors (Lipinski definition) is 2. The number of aromatic nitrogens is 2. The van der Waals surface area contributed by atoms with Gasteiger partial charge in [-0.25, -0.2) is 0 Å². The Hall–Kier alpha value is -3.01. The van der Waals surface area contributed by atoms with E-state index in [1.165, 1.54) is 0 Å². The summed E-state index contributed by atoms with van der Waals surface area (Å²) in [7, 11) is 0. The number of nitrogens with two attached hydrogens (primary N) is 1. The number of nitrogens with zero attached hydrogens (tertiary/aromatic N) is 1. The van der Waals surface area contributed by atoms with Gasteiger partial charge < -0.3 is 10.7 Å². The Bertz CT molecular complexity index is 1030. The number of rotatable bonds is 1. The van der Waals surface area contributed by atoms with Gasteiger partial charge in [0, 0.05) is 22.7 Å². The summed E-state index contributed by atoms with van der Waals surface area (Å²) < 4.78 is 1.69. The second-order valence-corrected chi connectivity index (χ2v) is 5.07. The number of anilines is 1. The maximum Gasteiger partial charge on any atom is 0.256 e. The summed E-state index contributed by atoms with van der Waals surface area (Å²) in [5.41, 5.74) is 8.29. The molecule has 0 aliphatic carbocycles. The van der Waals surface area contributed by atoms with Gasteiger partial charge in [-0.15, -0.1) is 0 Å². The molecule has 4 aromatic rings. The monoisotopic (exact) mass is 275 g/mol. The van der Waals surface area contributed by atoms with Crippen LogP contribution in [0.15, 0.2) is 65.5 Å². The summed E-state index contributed by atoms with van der Waals surface area (Å²) in [4.78, 5) is 15.6. The van der Waals surface area contributed by atoms with Crippen molar-refractivity contribution in [3.63, 3.8) is 0 Å². The van der Waals surface area contributed by atoms with Gasteiger partial charge in [0.05, 0.1) is 5.52 Å². The second kappa shape index (κ2) is 4.24. The minimum Gasteiger partial charge on any atom is -0.399 e. The Morgan fingerprint density at radius 3 is 2.67 bits per heavy atom. The van der Waals surface area contributed by atoms with E-state index in [0.717, 1.165) is 27.6 Å². The lowest BCUT2D eigenvalue weighted by molar-refractivity contribution is 1.01. The quantitative estimate of drug-likeness (QED) is 0.524. The number of para-hydroxylation sites is 1. The van der Waals surface area contributed by atoms with Crippen LogP contribution < -0.4 is 11.3 Å². The molecule has 0 unspecified atom stereocenters. The lowest BCUT2D eigenvalue weighted by atomic mass is 10.2. The van der Waals surface area contributed by atoms with Crippen molar-refractivity contribution in [2.24, 2.45) is 0 Å². The van der Waals surface area contributed by atoms with E-state index in [2.05, 4.69) is 4.98 Å². The van der Waals surface area contributed by atoms with Crippen LogP contribution in [0, 0.1) is 0 Å². The number of H-pyrrole nitrogens is 1. The van der Waals surface area contributed by atoms with E-state index >= 15 is 0 Å². The molecule has 2 heterocycles. The molecule has 3 N–H and O–H groups in total. The highest BCUT2D eigenvalue weighted by Crippen LogP contribution is 2.22. The van der Waals surface area contributed by atoms with Crippen molar-refractivity contribution in [1.82, 2.24) is 9.55 Å². The smallest absolute Gasteiger partial charge is 0.256 e. The van der Waals surface area contributed by atoms with Gasteiger partial charge >= 0.3 is 0 Å². The van der Waals surface area contributed by atoms with Crippen molar-refractivity contribution < 1.29 is 0 Å². The lowest BCUT2D eigenvalue weighted by Gasteiger charge is -2.07. The Morgan fingerprint density at radius 1 is 0.905 bits per heavy atom. The Balaban J connectivity index is 2.08. The first-order valence-corrected chi connectivity index (χ1v) is 6.72. The molecule has 0 spiro atoms. The molecule has 0 bridgehead atoms. The van der Waals surface area contributed by atoms with E-state index < -0.39 is 0 Å². The van der Waals surface area contributed by atoms with Crippen LogP contribution in [0.2, 0.25) is 0 Å². The van der Waals surface area contributed by atoms with Crippen LogP contribution in [0.5, 0.6) is 0 Å². The van der Waals surface area contributed by atoms with Crippen LogP contribution in [0.4, 0.5) is 5.69 Å². The van der Waals surface area contributed by atoms with Crippen LogP contribution in [-0.4, -0.2) is 9.55 Å². The summed E-state index contributed by atoms with van der Waals surface area (Å²) >= 11 is 0. The Morgan fingerprint density at radius 2 is 1.76 bits per heavy atom. The highest BCUT2D eigenvalue weighted by atomic mass is 16.1. The van der Waals surface area contributed by atoms with E-state index in [9.17, 15) is 4.79 Å².